The largest absolute Gasteiger partial charge is 0.0894 e. The van der Waals surface area contributed by atoms with Crippen LogP contribution in [0.3, 0.4) is 0 Å². The number of benzene rings is 6. The zero-order valence-corrected chi connectivity index (χ0v) is 22.8. The summed E-state index contributed by atoms with van der Waals surface area (Å²) in [5.74, 6) is 0. The Morgan fingerprint density at radius 2 is 0.769 bits per heavy atom. The molecule has 6 aromatic rings. The van der Waals surface area contributed by atoms with Crippen molar-refractivity contribution in [2.24, 2.45) is 0 Å². The lowest BCUT2D eigenvalue weighted by atomic mass is 9.64. The summed E-state index contributed by atoms with van der Waals surface area (Å²) in [5, 5.41) is 0. The van der Waals surface area contributed by atoms with Gasteiger partial charge in [-0.05, 0) is 74.8 Å². The highest BCUT2D eigenvalue weighted by Crippen LogP contribution is 2.62. The molecule has 1 spiro atoms. The first-order chi connectivity index (χ1) is 19.3. The fourth-order valence-corrected chi connectivity index (χ4v) is 8.69. The van der Waals surface area contributed by atoms with Gasteiger partial charge < -0.3 is 0 Å². The van der Waals surface area contributed by atoms with Crippen LogP contribution in [0, 0.1) is 0 Å². The van der Waals surface area contributed by atoms with Gasteiger partial charge in [0.25, 0.3) is 0 Å². The lowest BCUT2D eigenvalue weighted by Gasteiger charge is -2.45. The van der Waals surface area contributed by atoms with Crippen LogP contribution in [0.2, 0.25) is 0 Å². The molecule has 39 heavy (non-hydrogen) atoms. The van der Waals surface area contributed by atoms with Crippen molar-refractivity contribution < 1.29 is 0 Å². The first-order valence-corrected chi connectivity index (χ1v) is 14.9. The highest BCUT2D eigenvalue weighted by molar-refractivity contribution is 8.00. The van der Waals surface area contributed by atoms with Gasteiger partial charge in [0.15, 0.2) is 0 Å². The molecular weight excluding hydrogens is 509 g/mol. The van der Waals surface area contributed by atoms with Gasteiger partial charge in [0, 0.05) is 19.6 Å². The first-order valence-electron chi connectivity index (χ1n) is 13.3. The maximum atomic E-state index is 2.45. The molecule has 0 saturated carbocycles. The van der Waals surface area contributed by atoms with Crippen LogP contribution in [0.15, 0.2) is 165 Å². The predicted octanol–water partition coefficient (Wildman–Crippen LogP) is 10.3. The highest BCUT2D eigenvalue weighted by Gasteiger charge is 2.48. The lowest BCUT2D eigenvalue weighted by molar-refractivity contribution is 0.667. The monoisotopic (exact) mass is 532 g/mol. The second kappa shape index (κ2) is 9.05. The molecule has 8 rings (SSSR count). The van der Waals surface area contributed by atoms with E-state index in [2.05, 4.69) is 146 Å². The molecule has 0 saturated heterocycles. The van der Waals surface area contributed by atoms with Gasteiger partial charge in [0.2, 0.25) is 0 Å². The molecule has 0 bridgehead atoms. The predicted molar refractivity (Wildman–Crippen MR) is 164 cm³/mol. The number of rotatable bonds is 2. The van der Waals surface area contributed by atoms with Crippen molar-refractivity contribution in [1.29, 1.82) is 0 Å². The second-order valence-electron chi connectivity index (χ2n) is 10.1. The van der Waals surface area contributed by atoms with E-state index in [4.69, 9.17) is 0 Å². The van der Waals surface area contributed by atoms with Crippen LogP contribution < -0.4 is 0 Å². The van der Waals surface area contributed by atoms with E-state index >= 15 is 0 Å². The van der Waals surface area contributed by atoms with Gasteiger partial charge in [0.05, 0.1) is 5.41 Å². The summed E-state index contributed by atoms with van der Waals surface area (Å²) in [6.07, 6.45) is 0. The molecule has 184 valence electrons. The molecule has 6 aromatic carbocycles. The molecule has 0 N–H and O–H groups in total. The molecule has 0 atom stereocenters. The fourth-order valence-electron chi connectivity index (χ4n) is 6.29. The van der Waals surface area contributed by atoms with E-state index in [9.17, 15) is 0 Å². The Hall–Kier alpha value is -3.98. The van der Waals surface area contributed by atoms with Crippen molar-refractivity contribution in [1.82, 2.24) is 0 Å². The maximum Gasteiger partial charge on any atom is 0.0745 e. The Balaban J connectivity index is 1.48. The van der Waals surface area contributed by atoms with Gasteiger partial charge in [-0.15, -0.1) is 0 Å². The third kappa shape index (κ3) is 3.49. The molecule has 0 unspecified atom stereocenters. The van der Waals surface area contributed by atoms with Crippen LogP contribution in [-0.4, -0.2) is 0 Å². The summed E-state index contributed by atoms with van der Waals surface area (Å²) in [7, 11) is 0. The SMILES string of the molecule is c1ccc(-c2ccc3c(c2)Sc2ccc(-c4ccccc4)cc2C32c3ccccc3Sc3ccccc32)cc1. The Labute approximate surface area is 237 Å². The summed E-state index contributed by atoms with van der Waals surface area (Å²) in [5.41, 5.74) is 10.1. The smallest absolute Gasteiger partial charge is 0.0745 e. The molecular formula is C37H24S2. The molecule has 2 aliphatic rings. The molecule has 0 aliphatic carbocycles. The van der Waals surface area contributed by atoms with E-state index in [1.54, 1.807) is 0 Å². The summed E-state index contributed by atoms with van der Waals surface area (Å²) >= 11 is 3.80. The normalized spacial score (nSPS) is 14.2. The molecule has 0 amide bonds. The van der Waals surface area contributed by atoms with Crippen LogP contribution in [0.1, 0.15) is 22.3 Å². The van der Waals surface area contributed by atoms with Crippen molar-refractivity contribution in [3.05, 3.63) is 168 Å². The molecule has 2 aliphatic heterocycles. The van der Waals surface area contributed by atoms with E-state index < -0.39 is 5.41 Å². The van der Waals surface area contributed by atoms with E-state index in [0.717, 1.165) is 0 Å². The van der Waals surface area contributed by atoms with E-state index in [-0.39, 0.29) is 0 Å². The van der Waals surface area contributed by atoms with E-state index in [0.29, 0.717) is 0 Å². The minimum Gasteiger partial charge on any atom is -0.0894 e. The fraction of sp³-hybridized carbons (Fsp3) is 0.0270. The molecule has 0 fully saturated rings. The Morgan fingerprint density at radius 3 is 1.41 bits per heavy atom. The zero-order chi connectivity index (χ0) is 25.8. The molecule has 0 aromatic heterocycles. The van der Waals surface area contributed by atoms with Crippen molar-refractivity contribution in [2.45, 2.75) is 25.0 Å². The van der Waals surface area contributed by atoms with Crippen LogP contribution in [-0.2, 0) is 5.41 Å². The van der Waals surface area contributed by atoms with Crippen LogP contribution in [0.4, 0.5) is 0 Å². The lowest BCUT2D eigenvalue weighted by Crippen LogP contribution is -2.36. The average Bonchev–Trinajstić information content (AvgIpc) is 3.01. The zero-order valence-electron chi connectivity index (χ0n) is 21.2. The van der Waals surface area contributed by atoms with Gasteiger partial charge in [-0.3, -0.25) is 0 Å². The van der Waals surface area contributed by atoms with Crippen molar-refractivity contribution >= 4 is 23.5 Å². The van der Waals surface area contributed by atoms with Gasteiger partial charge in [0.1, 0.15) is 0 Å². The molecule has 0 radical (unpaired) electrons. The Kier molecular flexibility index (Phi) is 5.33. The summed E-state index contributed by atoms with van der Waals surface area (Å²) in [6.45, 7) is 0. The summed E-state index contributed by atoms with van der Waals surface area (Å²) < 4.78 is 0. The average molecular weight is 533 g/mol. The van der Waals surface area contributed by atoms with Gasteiger partial charge in [-0.1, -0.05) is 139 Å². The Morgan fingerprint density at radius 1 is 0.308 bits per heavy atom. The number of fused-ring (bicyclic) bond motifs is 8. The van der Waals surface area contributed by atoms with Gasteiger partial charge in [-0.25, -0.2) is 0 Å². The second-order valence-corrected chi connectivity index (χ2v) is 12.3. The topological polar surface area (TPSA) is 0 Å². The quantitative estimate of drug-likeness (QED) is 0.217. The van der Waals surface area contributed by atoms with E-state index in [1.807, 2.05) is 23.5 Å². The minimum atomic E-state index is -0.394. The standard InChI is InChI=1S/C37H24S2/c1-3-11-25(12-4-1)27-20-22-35-32(23-27)37(29-15-7-9-17-33(29)38-34-18-10-8-16-30(34)37)31-21-19-28(24-36(31)39-35)26-13-5-2-6-14-26/h1-24H. The molecule has 2 heterocycles. The van der Waals surface area contributed by atoms with Crippen LogP contribution in [0.25, 0.3) is 22.3 Å². The molecule has 2 heteroatoms. The number of hydrogen-bond acceptors (Lipinski definition) is 2. The first kappa shape index (κ1) is 23.0. The highest BCUT2D eigenvalue weighted by atomic mass is 32.2. The van der Waals surface area contributed by atoms with Crippen LogP contribution in [0.5, 0.6) is 0 Å². The van der Waals surface area contributed by atoms with Crippen molar-refractivity contribution in [3.63, 3.8) is 0 Å². The number of hydrogen-bond donors (Lipinski definition) is 0. The van der Waals surface area contributed by atoms with Gasteiger partial charge >= 0.3 is 0 Å². The van der Waals surface area contributed by atoms with Crippen molar-refractivity contribution in [3.8, 4) is 22.3 Å². The van der Waals surface area contributed by atoms with Crippen LogP contribution >= 0.6 is 23.5 Å². The minimum absolute atomic E-state index is 0.394. The van der Waals surface area contributed by atoms with Crippen molar-refractivity contribution in [2.75, 3.05) is 0 Å². The van der Waals surface area contributed by atoms with E-state index in [1.165, 1.54) is 64.1 Å². The third-order valence-corrected chi connectivity index (χ3v) is 10.3. The maximum absolute atomic E-state index is 2.45. The summed E-state index contributed by atoms with van der Waals surface area (Å²) in [4.78, 5) is 5.31. The Bertz CT molecular complexity index is 1810. The molecule has 0 nitrogen and oxygen atoms in total. The third-order valence-electron chi connectivity index (χ3n) is 8.01. The van der Waals surface area contributed by atoms with Gasteiger partial charge in [-0.2, -0.15) is 0 Å². The summed E-state index contributed by atoms with van der Waals surface area (Å²) in [6, 6.07) is 53.7.